The molecule has 0 saturated heterocycles. The Labute approximate surface area is 97.1 Å². The second kappa shape index (κ2) is 4.27. The minimum absolute atomic E-state index is 0.167. The van der Waals surface area contributed by atoms with Gasteiger partial charge in [0, 0.05) is 5.56 Å². The third-order valence-corrected chi connectivity index (χ3v) is 3.34. The maximum absolute atomic E-state index is 13.6. The normalized spacial score (nSPS) is 12.8. The highest BCUT2D eigenvalue weighted by Gasteiger charge is 2.13. The largest absolute Gasteiger partial charge is 0.322 e. The molecule has 0 aliphatic rings. The molecule has 5 heteroatoms. The van der Waals surface area contributed by atoms with Crippen molar-refractivity contribution in [3.05, 3.63) is 34.6 Å². The molecule has 2 rings (SSSR count). The molecule has 0 bridgehead atoms. The molecule has 2 aromatic rings. The van der Waals surface area contributed by atoms with Crippen LogP contribution in [-0.4, -0.2) is 10.2 Å². The summed E-state index contributed by atoms with van der Waals surface area (Å²) >= 11 is 1.33. The van der Waals surface area contributed by atoms with Crippen LogP contribution in [0.25, 0.3) is 10.6 Å². The summed E-state index contributed by atoms with van der Waals surface area (Å²) in [5.41, 5.74) is 7.17. The fourth-order valence-electron chi connectivity index (χ4n) is 1.33. The minimum Gasteiger partial charge on any atom is -0.322 e. The van der Waals surface area contributed by atoms with Crippen LogP contribution in [0.2, 0.25) is 0 Å². The summed E-state index contributed by atoms with van der Waals surface area (Å²) in [6.07, 6.45) is 0. The van der Waals surface area contributed by atoms with Crippen LogP contribution >= 0.6 is 11.3 Å². The molecule has 1 atom stereocenters. The van der Waals surface area contributed by atoms with Crippen LogP contribution in [0, 0.1) is 12.7 Å². The Balaban J connectivity index is 2.46. The molecule has 84 valence electrons. The molecule has 0 saturated carbocycles. The summed E-state index contributed by atoms with van der Waals surface area (Å²) in [6.45, 7) is 3.74. The lowest BCUT2D eigenvalue weighted by molar-refractivity contribution is 0.630. The summed E-state index contributed by atoms with van der Waals surface area (Å²) in [5.74, 6) is -0.280. The first-order valence-corrected chi connectivity index (χ1v) is 5.75. The van der Waals surface area contributed by atoms with Gasteiger partial charge in [-0.05, 0) is 26.0 Å². The number of aromatic nitrogens is 2. The monoisotopic (exact) mass is 237 g/mol. The van der Waals surface area contributed by atoms with Crippen molar-refractivity contribution in [1.82, 2.24) is 10.2 Å². The molecule has 0 aliphatic carbocycles. The van der Waals surface area contributed by atoms with Gasteiger partial charge in [-0.2, -0.15) is 0 Å². The molecule has 0 amide bonds. The predicted molar refractivity (Wildman–Crippen MR) is 62.6 cm³/mol. The summed E-state index contributed by atoms with van der Waals surface area (Å²) in [6, 6.07) is 4.77. The van der Waals surface area contributed by atoms with Gasteiger partial charge in [0.25, 0.3) is 0 Å². The molecule has 0 radical (unpaired) electrons. The maximum Gasteiger partial charge on any atom is 0.150 e. The standard InChI is InChI=1S/C11H12FN3S/c1-6-3-4-9(12)8(5-6)11-15-14-10(16-11)7(2)13/h3-5,7H,13H2,1-2H3. The highest BCUT2D eigenvalue weighted by atomic mass is 32.1. The van der Waals surface area contributed by atoms with Crippen molar-refractivity contribution in [1.29, 1.82) is 0 Å². The van der Waals surface area contributed by atoms with Crippen molar-refractivity contribution in [3.63, 3.8) is 0 Å². The van der Waals surface area contributed by atoms with Gasteiger partial charge in [0.1, 0.15) is 10.8 Å². The highest BCUT2D eigenvalue weighted by molar-refractivity contribution is 7.14. The number of halogens is 1. The molecule has 3 nitrogen and oxygen atoms in total. The van der Waals surface area contributed by atoms with Gasteiger partial charge in [-0.3, -0.25) is 0 Å². The van der Waals surface area contributed by atoms with Gasteiger partial charge in [-0.15, -0.1) is 10.2 Å². The third-order valence-electron chi connectivity index (χ3n) is 2.18. The van der Waals surface area contributed by atoms with E-state index in [1.807, 2.05) is 13.8 Å². The quantitative estimate of drug-likeness (QED) is 0.873. The third kappa shape index (κ3) is 2.10. The molecule has 1 heterocycles. The zero-order valence-corrected chi connectivity index (χ0v) is 9.88. The molecular weight excluding hydrogens is 225 g/mol. The second-order valence-electron chi connectivity index (χ2n) is 3.72. The minimum atomic E-state index is -0.280. The van der Waals surface area contributed by atoms with E-state index in [0.717, 1.165) is 10.6 Å². The summed E-state index contributed by atoms with van der Waals surface area (Å²) < 4.78 is 13.6. The Hall–Kier alpha value is -1.33. The first kappa shape index (κ1) is 11.2. The molecule has 0 aliphatic heterocycles. The van der Waals surface area contributed by atoms with Gasteiger partial charge in [0.2, 0.25) is 0 Å². The number of nitrogens with two attached hydrogens (primary N) is 1. The van der Waals surface area contributed by atoms with Crippen LogP contribution in [-0.2, 0) is 0 Å². The van der Waals surface area contributed by atoms with E-state index in [2.05, 4.69) is 10.2 Å². The molecule has 16 heavy (non-hydrogen) atoms. The SMILES string of the molecule is Cc1ccc(F)c(-c2nnc(C(C)N)s2)c1. The lowest BCUT2D eigenvalue weighted by Crippen LogP contribution is -2.03. The van der Waals surface area contributed by atoms with Gasteiger partial charge in [-0.1, -0.05) is 23.0 Å². The molecular formula is C11H12FN3S. The van der Waals surface area contributed by atoms with E-state index in [1.165, 1.54) is 17.4 Å². The average molecular weight is 237 g/mol. The zero-order chi connectivity index (χ0) is 11.7. The Morgan fingerprint density at radius 1 is 1.38 bits per heavy atom. The number of rotatable bonds is 2. The van der Waals surface area contributed by atoms with Crippen LogP contribution in [0.3, 0.4) is 0 Å². The summed E-state index contributed by atoms with van der Waals surface area (Å²) in [4.78, 5) is 0. The fraction of sp³-hybridized carbons (Fsp3) is 0.273. The Bertz CT molecular complexity index is 508. The predicted octanol–water partition coefficient (Wildman–Crippen LogP) is 2.67. The van der Waals surface area contributed by atoms with Crippen molar-refractivity contribution in [3.8, 4) is 10.6 Å². The van der Waals surface area contributed by atoms with Gasteiger partial charge in [0.05, 0.1) is 6.04 Å². The molecule has 0 spiro atoms. The number of aryl methyl sites for hydroxylation is 1. The van der Waals surface area contributed by atoms with E-state index in [0.29, 0.717) is 10.6 Å². The number of hydrogen-bond acceptors (Lipinski definition) is 4. The van der Waals surface area contributed by atoms with E-state index >= 15 is 0 Å². The van der Waals surface area contributed by atoms with Crippen molar-refractivity contribution in [2.75, 3.05) is 0 Å². The van der Waals surface area contributed by atoms with Crippen LogP contribution in [0.5, 0.6) is 0 Å². The molecule has 1 aromatic heterocycles. The highest BCUT2D eigenvalue weighted by Crippen LogP contribution is 2.28. The van der Waals surface area contributed by atoms with Crippen molar-refractivity contribution in [2.45, 2.75) is 19.9 Å². The first-order chi connectivity index (χ1) is 7.58. The maximum atomic E-state index is 13.6. The van der Waals surface area contributed by atoms with Crippen LogP contribution in [0.15, 0.2) is 18.2 Å². The Morgan fingerprint density at radius 2 is 2.12 bits per heavy atom. The Kier molecular flexibility index (Phi) is 2.98. The lowest BCUT2D eigenvalue weighted by Gasteiger charge is -1.99. The van der Waals surface area contributed by atoms with Gasteiger partial charge < -0.3 is 5.73 Å². The van der Waals surface area contributed by atoms with Crippen molar-refractivity contribution in [2.24, 2.45) is 5.73 Å². The molecule has 1 unspecified atom stereocenters. The molecule has 1 aromatic carbocycles. The smallest absolute Gasteiger partial charge is 0.150 e. The first-order valence-electron chi connectivity index (χ1n) is 4.93. The van der Waals surface area contributed by atoms with E-state index in [9.17, 15) is 4.39 Å². The van der Waals surface area contributed by atoms with Gasteiger partial charge in [0.15, 0.2) is 5.01 Å². The second-order valence-corrected chi connectivity index (χ2v) is 4.73. The van der Waals surface area contributed by atoms with E-state index in [-0.39, 0.29) is 11.9 Å². The summed E-state index contributed by atoms with van der Waals surface area (Å²) in [7, 11) is 0. The zero-order valence-electron chi connectivity index (χ0n) is 9.07. The Morgan fingerprint density at radius 3 is 2.75 bits per heavy atom. The number of nitrogens with zero attached hydrogens (tertiary/aromatic N) is 2. The van der Waals surface area contributed by atoms with E-state index in [4.69, 9.17) is 5.73 Å². The average Bonchev–Trinajstić information content (AvgIpc) is 2.70. The lowest BCUT2D eigenvalue weighted by atomic mass is 10.1. The number of benzene rings is 1. The van der Waals surface area contributed by atoms with E-state index in [1.54, 1.807) is 12.1 Å². The molecule has 2 N–H and O–H groups in total. The van der Waals surface area contributed by atoms with Crippen LogP contribution < -0.4 is 5.73 Å². The topological polar surface area (TPSA) is 51.8 Å². The van der Waals surface area contributed by atoms with Gasteiger partial charge >= 0.3 is 0 Å². The van der Waals surface area contributed by atoms with Crippen LogP contribution in [0.1, 0.15) is 23.5 Å². The van der Waals surface area contributed by atoms with Crippen molar-refractivity contribution < 1.29 is 4.39 Å². The van der Waals surface area contributed by atoms with Gasteiger partial charge in [-0.25, -0.2) is 4.39 Å². The fourth-order valence-corrected chi connectivity index (χ4v) is 2.14. The van der Waals surface area contributed by atoms with Crippen molar-refractivity contribution >= 4 is 11.3 Å². The number of hydrogen-bond donors (Lipinski definition) is 1. The molecule has 0 fully saturated rings. The van der Waals surface area contributed by atoms with E-state index < -0.39 is 0 Å². The van der Waals surface area contributed by atoms with Crippen LogP contribution in [0.4, 0.5) is 4.39 Å². The summed E-state index contributed by atoms with van der Waals surface area (Å²) in [5, 5.41) is 9.19.